The highest BCUT2D eigenvalue weighted by molar-refractivity contribution is 8.03. The Morgan fingerprint density at radius 2 is 1.33 bits per heavy atom. The number of hydrogen-bond donors (Lipinski definition) is 0. The standard InChI is InChI=1S/C16H14N2S3/c1-19-15-17-18-16(21-15)20-14(12-8-4-2-5-9-12)13-10-6-3-7-11-13/h2-11,14H,1H3. The molecule has 0 spiro atoms. The average Bonchev–Trinajstić information content (AvgIpc) is 3.02. The van der Waals surface area contributed by atoms with E-state index in [4.69, 9.17) is 0 Å². The van der Waals surface area contributed by atoms with E-state index in [0.29, 0.717) is 0 Å². The van der Waals surface area contributed by atoms with Gasteiger partial charge in [-0.3, -0.25) is 0 Å². The fraction of sp³-hybridized carbons (Fsp3) is 0.125. The molecule has 3 aromatic rings. The molecule has 0 unspecified atom stereocenters. The van der Waals surface area contributed by atoms with E-state index in [1.807, 2.05) is 18.4 Å². The maximum Gasteiger partial charge on any atom is 0.176 e. The molecule has 0 saturated carbocycles. The molecule has 21 heavy (non-hydrogen) atoms. The Morgan fingerprint density at radius 3 is 1.81 bits per heavy atom. The largest absolute Gasteiger partial charge is 0.176 e. The van der Waals surface area contributed by atoms with Crippen molar-refractivity contribution in [2.45, 2.75) is 13.9 Å². The second-order valence-corrected chi connectivity index (χ2v) is 7.74. The van der Waals surface area contributed by atoms with Gasteiger partial charge in [-0.2, -0.15) is 0 Å². The molecule has 1 aromatic heterocycles. The minimum absolute atomic E-state index is 0.245. The Hall–Kier alpha value is -1.30. The van der Waals surface area contributed by atoms with Gasteiger partial charge in [0.2, 0.25) is 0 Å². The smallest absolute Gasteiger partial charge is 0.131 e. The van der Waals surface area contributed by atoms with Crippen molar-refractivity contribution < 1.29 is 0 Å². The molecular formula is C16H14N2S3. The Balaban J connectivity index is 1.93. The highest BCUT2D eigenvalue weighted by atomic mass is 32.2. The van der Waals surface area contributed by atoms with E-state index in [2.05, 4.69) is 58.7 Å². The maximum atomic E-state index is 4.29. The van der Waals surface area contributed by atoms with Crippen LogP contribution < -0.4 is 0 Å². The highest BCUT2D eigenvalue weighted by Gasteiger charge is 2.17. The van der Waals surface area contributed by atoms with Crippen LogP contribution in [0.5, 0.6) is 0 Å². The van der Waals surface area contributed by atoms with Gasteiger partial charge in [0.15, 0.2) is 8.68 Å². The summed E-state index contributed by atoms with van der Waals surface area (Å²) in [4.78, 5) is 0. The van der Waals surface area contributed by atoms with Crippen LogP contribution in [0.3, 0.4) is 0 Å². The van der Waals surface area contributed by atoms with E-state index < -0.39 is 0 Å². The molecule has 0 amide bonds. The van der Waals surface area contributed by atoms with Gasteiger partial charge in [0.05, 0.1) is 5.25 Å². The van der Waals surface area contributed by atoms with E-state index in [0.717, 1.165) is 8.68 Å². The van der Waals surface area contributed by atoms with Gasteiger partial charge in [0.1, 0.15) is 0 Å². The first-order chi connectivity index (χ1) is 10.4. The zero-order valence-electron chi connectivity index (χ0n) is 11.5. The molecule has 106 valence electrons. The number of thioether (sulfide) groups is 2. The molecule has 0 bridgehead atoms. The lowest BCUT2D eigenvalue weighted by Crippen LogP contribution is -1.96. The van der Waals surface area contributed by atoms with Crippen LogP contribution in [0.4, 0.5) is 0 Å². The summed E-state index contributed by atoms with van der Waals surface area (Å²) in [6, 6.07) is 21.1. The van der Waals surface area contributed by atoms with Crippen LogP contribution >= 0.6 is 34.9 Å². The van der Waals surface area contributed by atoms with E-state index in [1.54, 1.807) is 34.9 Å². The molecule has 0 N–H and O–H groups in total. The topological polar surface area (TPSA) is 25.8 Å². The summed E-state index contributed by atoms with van der Waals surface area (Å²) in [7, 11) is 0. The molecule has 5 heteroatoms. The minimum Gasteiger partial charge on any atom is -0.131 e. The number of hydrogen-bond acceptors (Lipinski definition) is 5. The van der Waals surface area contributed by atoms with Crippen molar-refractivity contribution in [3.8, 4) is 0 Å². The molecular weight excluding hydrogens is 316 g/mol. The van der Waals surface area contributed by atoms with Crippen LogP contribution in [-0.4, -0.2) is 16.5 Å². The summed E-state index contributed by atoms with van der Waals surface area (Å²) in [5.74, 6) is 0. The van der Waals surface area contributed by atoms with Crippen molar-refractivity contribution >= 4 is 34.9 Å². The van der Waals surface area contributed by atoms with Gasteiger partial charge in [-0.25, -0.2) is 0 Å². The monoisotopic (exact) mass is 330 g/mol. The number of benzene rings is 2. The van der Waals surface area contributed by atoms with Crippen LogP contribution in [0, 0.1) is 0 Å². The van der Waals surface area contributed by atoms with Gasteiger partial charge in [0, 0.05) is 0 Å². The van der Waals surface area contributed by atoms with Crippen LogP contribution in [0.1, 0.15) is 16.4 Å². The molecule has 0 atom stereocenters. The predicted molar refractivity (Wildman–Crippen MR) is 92.3 cm³/mol. The first kappa shape index (κ1) is 14.6. The van der Waals surface area contributed by atoms with E-state index in [9.17, 15) is 0 Å². The second-order valence-electron chi connectivity index (χ2n) is 4.36. The molecule has 2 aromatic carbocycles. The Bertz CT molecular complexity index is 644. The molecule has 0 radical (unpaired) electrons. The predicted octanol–water partition coefficient (Wildman–Crippen LogP) is 5.14. The number of aromatic nitrogens is 2. The van der Waals surface area contributed by atoms with Crippen molar-refractivity contribution in [2.75, 3.05) is 6.26 Å². The van der Waals surface area contributed by atoms with E-state index in [-0.39, 0.29) is 5.25 Å². The Labute approximate surface area is 137 Å². The molecule has 0 aliphatic heterocycles. The van der Waals surface area contributed by atoms with Crippen molar-refractivity contribution in [1.82, 2.24) is 10.2 Å². The van der Waals surface area contributed by atoms with Crippen LogP contribution in [0.15, 0.2) is 69.3 Å². The van der Waals surface area contributed by atoms with E-state index in [1.165, 1.54) is 11.1 Å². The minimum atomic E-state index is 0.245. The normalized spacial score (nSPS) is 11.0. The lowest BCUT2D eigenvalue weighted by Gasteiger charge is -2.15. The summed E-state index contributed by atoms with van der Waals surface area (Å²) < 4.78 is 2.02. The Kier molecular flexibility index (Phi) is 4.95. The first-order valence-electron chi connectivity index (χ1n) is 6.51. The molecule has 1 heterocycles. The van der Waals surface area contributed by atoms with Gasteiger partial charge >= 0.3 is 0 Å². The molecule has 3 rings (SSSR count). The molecule has 0 fully saturated rings. The lowest BCUT2D eigenvalue weighted by molar-refractivity contribution is 0.952. The number of rotatable bonds is 5. The Morgan fingerprint density at radius 1 is 0.810 bits per heavy atom. The fourth-order valence-electron chi connectivity index (χ4n) is 2.01. The fourth-order valence-corrected chi connectivity index (χ4v) is 4.77. The third kappa shape index (κ3) is 3.67. The average molecular weight is 331 g/mol. The van der Waals surface area contributed by atoms with Gasteiger partial charge < -0.3 is 0 Å². The zero-order valence-corrected chi connectivity index (χ0v) is 13.9. The third-order valence-corrected chi connectivity index (χ3v) is 6.28. The summed E-state index contributed by atoms with van der Waals surface area (Å²) in [5, 5.41) is 8.72. The van der Waals surface area contributed by atoms with E-state index >= 15 is 0 Å². The summed E-state index contributed by atoms with van der Waals surface area (Å²) in [5.41, 5.74) is 2.57. The summed E-state index contributed by atoms with van der Waals surface area (Å²) in [6.07, 6.45) is 2.03. The van der Waals surface area contributed by atoms with Crippen molar-refractivity contribution in [3.05, 3.63) is 71.8 Å². The quantitative estimate of drug-likeness (QED) is 0.605. The van der Waals surface area contributed by atoms with Crippen molar-refractivity contribution in [1.29, 1.82) is 0 Å². The van der Waals surface area contributed by atoms with Gasteiger partial charge in [-0.15, -0.1) is 10.2 Å². The van der Waals surface area contributed by atoms with Crippen molar-refractivity contribution in [3.63, 3.8) is 0 Å². The molecule has 0 aliphatic rings. The van der Waals surface area contributed by atoms with Gasteiger partial charge in [-0.05, 0) is 17.4 Å². The third-order valence-electron chi connectivity index (χ3n) is 2.99. The summed E-state index contributed by atoms with van der Waals surface area (Å²) in [6.45, 7) is 0. The molecule has 2 nitrogen and oxygen atoms in total. The number of nitrogens with zero attached hydrogens (tertiary/aromatic N) is 2. The van der Waals surface area contributed by atoms with Crippen LogP contribution in [0.25, 0.3) is 0 Å². The van der Waals surface area contributed by atoms with Gasteiger partial charge in [0.25, 0.3) is 0 Å². The second kappa shape index (κ2) is 7.11. The van der Waals surface area contributed by atoms with Gasteiger partial charge in [-0.1, -0.05) is 95.5 Å². The SMILES string of the molecule is CSc1nnc(SC(c2ccccc2)c2ccccc2)s1. The maximum absolute atomic E-state index is 4.29. The highest BCUT2D eigenvalue weighted by Crippen LogP contribution is 2.42. The lowest BCUT2D eigenvalue weighted by atomic mass is 10.0. The van der Waals surface area contributed by atoms with Crippen LogP contribution in [-0.2, 0) is 0 Å². The summed E-state index contributed by atoms with van der Waals surface area (Å²) >= 11 is 5.06. The van der Waals surface area contributed by atoms with Crippen LogP contribution in [0.2, 0.25) is 0 Å². The molecule has 0 aliphatic carbocycles. The van der Waals surface area contributed by atoms with Crippen molar-refractivity contribution in [2.24, 2.45) is 0 Å². The zero-order chi connectivity index (χ0) is 14.5. The first-order valence-corrected chi connectivity index (χ1v) is 9.43. The molecule has 0 saturated heterocycles.